The Bertz CT molecular complexity index is 260. The molecule has 0 bridgehead atoms. The van der Waals surface area contributed by atoms with E-state index in [0.717, 1.165) is 18.7 Å². The number of hydrogen-bond acceptors (Lipinski definition) is 3. The second-order valence-corrected chi connectivity index (χ2v) is 3.38. The Hall–Kier alpha value is -0.870. The molecule has 0 aliphatic heterocycles. The van der Waals surface area contributed by atoms with E-state index < -0.39 is 0 Å². The van der Waals surface area contributed by atoms with Crippen molar-refractivity contribution >= 4 is 0 Å². The van der Waals surface area contributed by atoms with Crippen molar-refractivity contribution in [1.29, 1.82) is 0 Å². The van der Waals surface area contributed by atoms with Gasteiger partial charge in [-0.2, -0.15) is 5.10 Å². The molecule has 1 unspecified atom stereocenters. The van der Waals surface area contributed by atoms with E-state index in [1.807, 2.05) is 24.1 Å². The SMILES string of the molecule is CCn1cc(COC(C)CNC)cn1. The Morgan fingerprint density at radius 3 is 3.00 bits per heavy atom. The molecule has 0 saturated heterocycles. The summed E-state index contributed by atoms with van der Waals surface area (Å²) in [6.45, 7) is 6.55. The molecule has 1 heterocycles. The molecule has 0 saturated carbocycles. The summed E-state index contributed by atoms with van der Waals surface area (Å²) in [6, 6.07) is 0. The van der Waals surface area contributed by atoms with E-state index in [9.17, 15) is 0 Å². The maximum absolute atomic E-state index is 5.61. The normalized spacial score (nSPS) is 13.1. The molecule has 1 atom stereocenters. The first-order valence-electron chi connectivity index (χ1n) is 5.03. The molecule has 1 aromatic rings. The third kappa shape index (κ3) is 3.47. The van der Waals surface area contributed by atoms with Crippen LogP contribution in [0.3, 0.4) is 0 Å². The molecule has 0 amide bonds. The molecule has 0 radical (unpaired) electrons. The van der Waals surface area contributed by atoms with Gasteiger partial charge < -0.3 is 10.1 Å². The molecular formula is C10H19N3O. The third-order valence-corrected chi connectivity index (χ3v) is 2.04. The number of hydrogen-bond donors (Lipinski definition) is 1. The van der Waals surface area contributed by atoms with Gasteiger partial charge in [0.1, 0.15) is 0 Å². The van der Waals surface area contributed by atoms with Crippen LogP contribution in [0.15, 0.2) is 12.4 Å². The fourth-order valence-corrected chi connectivity index (χ4v) is 1.24. The van der Waals surface area contributed by atoms with Gasteiger partial charge in [-0.1, -0.05) is 0 Å². The predicted molar refractivity (Wildman–Crippen MR) is 56.1 cm³/mol. The van der Waals surface area contributed by atoms with Crippen molar-refractivity contribution in [2.45, 2.75) is 33.1 Å². The summed E-state index contributed by atoms with van der Waals surface area (Å²) in [7, 11) is 1.93. The third-order valence-electron chi connectivity index (χ3n) is 2.04. The lowest BCUT2D eigenvalue weighted by atomic mass is 10.3. The molecule has 0 aliphatic carbocycles. The van der Waals surface area contributed by atoms with E-state index in [4.69, 9.17) is 4.74 Å². The summed E-state index contributed by atoms with van der Waals surface area (Å²) in [4.78, 5) is 0. The van der Waals surface area contributed by atoms with Gasteiger partial charge in [-0.3, -0.25) is 4.68 Å². The summed E-state index contributed by atoms with van der Waals surface area (Å²) >= 11 is 0. The highest BCUT2D eigenvalue weighted by Crippen LogP contribution is 2.02. The number of aromatic nitrogens is 2. The van der Waals surface area contributed by atoms with Crippen molar-refractivity contribution in [3.05, 3.63) is 18.0 Å². The van der Waals surface area contributed by atoms with Crippen LogP contribution in [0.5, 0.6) is 0 Å². The quantitative estimate of drug-likeness (QED) is 0.740. The van der Waals surface area contributed by atoms with Crippen LogP contribution in [0.1, 0.15) is 19.4 Å². The number of rotatable bonds is 6. The average Bonchev–Trinajstić information content (AvgIpc) is 2.63. The molecular weight excluding hydrogens is 178 g/mol. The van der Waals surface area contributed by atoms with Gasteiger partial charge in [-0.05, 0) is 20.9 Å². The van der Waals surface area contributed by atoms with Crippen molar-refractivity contribution in [2.24, 2.45) is 0 Å². The van der Waals surface area contributed by atoms with Gasteiger partial charge in [-0.25, -0.2) is 0 Å². The standard InChI is InChI=1S/C10H19N3O/c1-4-13-7-10(6-12-13)8-14-9(2)5-11-3/h6-7,9,11H,4-5,8H2,1-3H3. The molecule has 1 rings (SSSR count). The van der Waals surface area contributed by atoms with Gasteiger partial charge in [0.2, 0.25) is 0 Å². The van der Waals surface area contributed by atoms with Gasteiger partial charge in [0.25, 0.3) is 0 Å². The highest BCUT2D eigenvalue weighted by Gasteiger charge is 2.02. The van der Waals surface area contributed by atoms with Crippen LogP contribution >= 0.6 is 0 Å². The highest BCUT2D eigenvalue weighted by molar-refractivity contribution is 5.01. The number of nitrogens with one attached hydrogen (secondary N) is 1. The molecule has 0 aromatic carbocycles. The van der Waals surface area contributed by atoms with Gasteiger partial charge in [-0.15, -0.1) is 0 Å². The van der Waals surface area contributed by atoms with Crippen LogP contribution in [0.2, 0.25) is 0 Å². The first kappa shape index (κ1) is 11.2. The topological polar surface area (TPSA) is 39.1 Å². The maximum Gasteiger partial charge on any atom is 0.0751 e. The fourth-order valence-electron chi connectivity index (χ4n) is 1.24. The van der Waals surface area contributed by atoms with Crippen molar-refractivity contribution < 1.29 is 4.74 Å². The van der Waals surface area contributed by atoms with Crippen LogP contribution in [0.25, 0.3) is 0 Å². The summed E-state index contributed by atoms with van der Waals surface area (Å²) in [5.41, 5.74) is 1.13. The molecule has 1 aromatic heterocycles. The largest absolute Gasteiger partial charge is 0.372 e. The van der Waals surface area contributed by atoms with Crippen LogP contribution in [0, 0.1) is 0 Å². The van der Waals surface area contributed by atoms with E-state index >= 15 is 0 Å². The highest BCUT2D eigenvalue weighted by atomic mass is 16.5. The predicted octanol–water partition coefficient (Wildman–Crippen LogP) is 1.03. The summed E-state index contributed by atoms with van der Waals surface area (Å²) in [6.07, 6.45) is 4.12. The van der Waals surface area contributed by atoms with E-state index in [2.05, 4.69) is 24.3 Å². The Morgan fingerprint density at radius 1 is 1.64 bits per heavy atom. The van der Waals surface area contributed by atoms with E-state index in [-0.39, 0.29) is 6.10 Å². The number of aryl methyl sites for hydroxylation is 1. The first-order chi connectivity index (χ1) is 6.76. The minimum atomic E-state index is 0.241. The lowest BCUT2D eigenvalue weighted by Crippen LogP contribution is -2.23. The van der Waals surface area contributed by atoms with Crippen LogP contribution in [-0.4, -0.2) is 29.5 Å². The molecule has 1 N–H and O–H groups in total. The van der Waals surface area contributed by atoms with Gasteiger partial charge in [0, 0.05) is 24.8 Å². The average molecular weight is 197 g/mol. The summed E-state index contributed by atoms with van der Waals surface area (Å²) < 4.78 is 7.51. The molecule has 4 heteroatoms. The monoisotopic (exact) mass is 197 g/mol. The Kier molecular flexibility index (Phi) is 4.62. The lowest BCUT2D eigenvalue weighted by Gasteiger charge is -2.10. The van der Waals surface area contributed by atoms with E-state index in [1.54, 1.807) is 0 Å². The van der Waals surface area contributed by atoms with Crippen molar-refractivity contribution in [1.82, 2.24) is 15.1 Å². The van der Waals surface area contributed by atoms with Crippen molar-refractivity contribution in [2.75, 3.05) is 13.6 Å². The lowest BCUT2D eigenvalue weighted by molar-refractivity contribution is 0.0544. The Morgan fingerprint density at radius 2 is 2.43 bits per heavy atom. The number of nitrogens with zero attached hydrogens (tertiary/aromatic N) is 2. The zero-order valence-corrected chi connectivity index (χ0v) is 9.16. The van der Waals surface area contributed by atoms with Crippen LogP contribution in [-0.2, 0) is 17.9 Å². The van der Waals surface area contributed by atoms with Crippen molar-refractivity contribution in [3.63, 3.8) is 0 Å². The zero-order chi connectivity index (χ0) is 10.4. The van der Waals surface area contributed by atoms with Gasteiger partial charge >= 0.3 is 0 Å². The number of ether oxygens (including phenoxy) is 1. The fraction of sp³-hybridized carbons (Fsp3) is 0.700. The Balaban J connectivity index is 2.30. The molecule has 0 spiro atoms. The van der Waals surface area contributed by atoms with E-state index in [1.165, 1.54) is 0 Å². The Labute approximate surface area is 85.3 Å². The minimum Gasteiger partial charge on any atom is -0.372 e. The maximum atomic E-state index is 5.61. The molecule has 80 valence electrons. The van der Waals surface area contributed by atoms with E-state index in [0.29, 0.717) is 6.61 Å². The zero-order valence-electron chi connectivity index (χ0n) is 9.16. The van der Waals surface area contributed by atoms with Gasteiger partial charge in [0.15, 0.2) is 0 Å². The number of likely N-dealkylation sites (N-methyl/N-ethyl adjacent to an activating group) is 1. The van der Waals surface area contributed by atoms with Crippen LogP contribution < -0.4 is 5.32 Å². The minimum absolute atomic E-state index is 0.241. The first-order valence-corrected chi connectivity index (χ1v) is 5.03. The van der Waals surface area contributed by atoms with Crippen LogP contribution in [0.4, 0.5) is 0 Å². The van der Waals surface area contributed by atoms with Gasteiger partial charge in [0.05, 0.1) is 18.9 Å². The molecule has 0 fully saturated rings. The summed E-state index contributed by atoms with van der Waals surface area (Å²) in [5.74, 6) is 0. The molecule has 0 aliphatic rings. The van der Waals surface area contributed by atoms with Crippen molar-refractivity contribution in [3.8, 4) is 0 Å². The molecule has 14 heavy (non-hydrogen) atoms. The second-order valence-electron chi connectivity index (χ2n) is 3.38. The molecule has 4 nitrogen and oxygen atoms in total. The smallest absolute Gasteiger partial charge is 0.0751 e. The second kappa shape index (κ2) is 5.78. The summed E-state index contributed by atoms with van der Waals surface area (Å²) in [5, 5.41) is 7.25.